The van der Waals surface area contributed by atoms with E-state index in [2.05, 4.69) is 0 Å². The summed E-state index contributed by atoms with van der Waals surface area (Å²) >= 11 is 0. The van der Waals surface area contributed by atoms with Crippen molar-refractivity contribution in [3.8, 4) is 0 Å². The van der Waals surface area contributed by atoms with Crippen LogP contribution >= 0.6 is 12.4 Å². The van der Waals surface area contributed by atoms with E-state index in [4.69, 9.17) is 5.73 Å². The zero-order valence-corrected chi connectivity index (χ0v) is 9.07. The SMILES string of the molecule is Cl.N[C@@H](CC1CC1)c1c(F)cccc1F. The van der Waals surface area contributed by atoms with Gasteiger partial charge >= 0.3 is 0 Å². The van der Waals surface area contributed by atoms with Gasteiger partial charge in [0.15, 0.2) is 0 Å². The van der Waals surface area contributed by atoms with Crippen molar-refractivity contribution < 1.29 is 8.78 Å². The Kier molecular flexibility index (Phi) is 4.05. The first-order valence-electron chi connectivity index (χ1n) is 4.88. The summed E-state index contributed by atoms with van der Waals surface area (Å²) in [6.07, 6.45) is 2.98. The average Bonchev–Trinajstić information content (AvgIpc) is 2.87. The van der Waals surface area contributed by atoms with Crippen LogP contribution in [0.2, 0.25) is 0 Å². The number of hydrogen-bond donors (Lipinski definition) is 1. The highest BCUT2D eigenvalue weighted by atomic mass is 35.5. The Labute approximate surface area is 94.1 Å². The zero-order valence-electron chi connectivity index (χ0n) is 8.25. The van der Waals surface area contributed by atoms with Crippen LogP contribution in [0.3, 0.4) is 0 Å². The molecule has 0 spiro atoms. The van der Waals surface area contributed by atoms with E-state index in [1.165, 1.54) is 18.2 Å². The molecular weight excluding hydrogens is 220 g/mol. The molecule has 0 saturated heterocycles. The van der Waals surface area contributed by atoms with Crippen molar-refractivity contribution in [1.82, 2.24) is 0 Å². The van der Waals surface area contributed by atoms with Gasteiger partial charge in [-0.15, -0.1) is 12.4 Å². The lowest BCUT2D eigenvalue weighted by Gasteiger charge is -2.12. The van der Waals surface area contributed by atoms with E-state index in [0.29, 0.717) is 12.3 Å². The van der Waals surface area contributed by atoms with Gasteiger partial charge in [0.25, 0.3) is 0 Å². The molecule has 0 heterocycles. The van der Waals surface area contributed by atoms with Crippen LogP contribution in [0.15, 0.2) is 18.2 Å². The maximum Gasteiger partial charge on any atom is 0.130 e. The molecule has 1 fully saturated rings. The molecule has 0 amide bonds. The molecule has 1 atom stereocenters. The first-order chi connectivity index (χ1) is 6.68. The van der Waals surface area contributed by atoms with Crippen molar-refractivity contribution in [2.45, 2.75) is 25.3 Å². The molecule has 84 valence electrons. The van der Waals surface area contributed by atoms with Crippen molar-refractivity contribution >= 4 is 12.4 Å². The summed E-state index contributed by atoms with van der Waals surface area (Å²) in [7, 11) is 0. The van der Waals surface area contributed by atoms with Crippen molar-refractivity contribution in [3.63, 3.8) is 0 Å². The van der Waals surface area contributed by atoms with E-state index < -0.39 is 17.7 Å². The molecule has 1 saturated carbocycles. The van der Waals surface area contributed by atoms with Gasteiger partial charge in [0.05, 0.1) is 0 Å². The summed E-state index contributed by atoms with van der Waals surface area (Å²) in [5, 5.41) is 0. The topological polar surface area (TPSA) is 26.0 Å². The molecule has 0 aromatic heterocycles. The van der Waals surface area contributed by atoms with Crippen molar-refractivity contribution in [1.29, 1.82) is 0 Å². The molecule has 1 aliphatic carbocycles. The molecule has 1 aromatic rings. The maximum absolute atomic E-state index is 13.3. The number of hydrogen-bond acceptors (Lipinski definition) is 1. The summed E-state index contributed by atoms with van der Waals surface area (Å²) in [5.41, 5.74) is 5.80. The van der Waals surface area contributed by atoms with Gasteiger partial charge in [0.1, 0.15) is 11.6 Å². The standard InChI is InChI=1S/C11H13F2N.ClH/c12-8-2-1-3-9(13)11(8)10(14)6-7-4-5-7;/h1-3,7,10H,4-6,14H2;1H/t10-;/m0./s1. The van der Waals surface area contributed by atoms with Crippen LogP contribution in [-0.4, -0.2) is 0 Å². The minimum atomic E-state index is -0.529. The lowest BCUT2D eigenvalue weighted by atomic mass is 10.0. The predicted octanol–water partition coefficient (Wildman–Crippen LogP) is 3.19. The van der Waals surface area contributed by atoms with Gasteiger partial charge in [0.2, 0.25) is 0 Å². The molecule has 0 bridgehead atoms. The Hall–Kier alpha value is -0.670. The van der Waals surface area contributed by atoms with Gasteiger partial charge in [0, 0.05) is 11.6 Å². The molecule has 0 radical (unpaired) electrons. The summed E-state index contributed by atoms with van der Waals surface area (Å²) in [4.78, 5) is 0. The number of benzene rings is 1. The Morgan fingerprint density at radius 3 is 2.27 bits per heavy atom. The molecular formula is C11H14ClF2N. The van der Waals surface area contributed by atoms with E-state index in [1.807, 2.05) is 0 Å². The van der Waals surface area contributed by atoms with Crippen LogP contribution < -0.4 is 5.73 Å². The normalized spacial score (nSPS) is 17.0. The molecule has 1 nitrogen and oxygen atoms in total. The highest BCUT2D eigenvalue weighted by Gasteiger charge is 2.26. The molecule has 1 aromatic carbocycles. The van der Waals surface area contributed by atoms with E-state index in [-0.39, 0.29) is 18.0 Å². The maximum atomic E-state index is 13.3. The zero-order chi connectivity index (χ0) is 10.1. The summed E-state index contributed by atoms with van der Waals surface area (Å²) in [6, 6.07) is 3.37. The largest absolute Gasteiger partial charge is 0.324 e. The van der Waals surface area contributed by atoms with Gasteiger partial charge in [-0.1, -0.05) is 18.9 Å². The molecule has 15 heavy (non-hydrogen) atoms. The third kappa shape index (κ3) is 2.89. The van der Waals surface area contributed by atoms with Crippen LogP contribution in [0.4, 0.5) is 8.78 Å². The summed E-state index contributed by atoms with van der Waals surface area (Å²) in [5.74, 6) is -0.486. The number of nitrogens with two attached hydrogens (primary N) is 1. The van der Waals surface area contributed by atoms with Gasteiger partial charge in [-0.2, -0.15) is 0 Å². The molecule has 2 N–H and O–H groups in total. The average molecular weight is 234 g/mol. The Morgan fingerprint density at radius 1 is 1.27 bits per heavy atom. The predicted molar refractivity (Wildman–Crippen MR) is 57.9 cm³/mol. The molecule has 0 unspecified atom stereocenters. The lowest BCUT2D eigenvalue weighted by molar-refractivity contribution is 0.498. The summed E-state index contributed by atoms with van der Waals surface area (Å²) in [6.45, 7) is 0. The third-order valence-electron chi connectivity index (χ3n) is 2.65. The van der Waals surface area contributed by atoms with Crippen LogP contribution in [0, 0.1) is 17.6 Å². The van der Waals surface area contributed by atoms with Gasteiger partial charge in [-0.25, -0.2) is 8.78 Å². The molecule has 0 aliphatic heterocycles. The second kappa shape index (κ2) is 4.90. The fourth-order valence-corrected chi connectivity index (χ4v) is 1.70. The van der Waals surface area contributed by atoms with Crippen LogP contribution in [0.5, 0.6) is 0 Å². The Balaban J connectivity index is 0.00000112. The molecule has 2 rings (SSSR count). The minimum absolute atomic E-state index is 0. The van der Waals surface area contributed by atoms with E-state index in [1.54, 1.807) is 0 Å². The Bertz CT molecular complexity index is 319. The fraction of sp³-hybridized carbons (Fsp3) is 0.455. The third-order valence-corrected chi connectivity index (χ3v) is 2.65. The first kappa shape index (κ1) is 12.4. The number of rotatable bonds is 3. The van der Waals surface area contributed by atoms with Gasteiger partial charge in [-0.3, -0.25) is 0 Å². The first-order valence-corrected chi connectivity index (χ1v) is 4.88. The molecule has 4 heteroatoms. The highest BCUT2D eigenvalue weighted by molar-refractivity contribution is 5.85. The monoisotopic (exact) mass is 233 g/mol. The second-order valence-electron chi connectivity index (χ2n) is 3.92. The smallest absolute Gasteiger partial charge is 0.130 e. The fourth-order valence-electron chi connectivity index (χ4n) is 1.70. The van der Waals surface area contributed by atoms with E-state index in [9.17, 15) is 8.78 Å². The van der Waals surface area contributed by atoms with Crippen LogP contribution in [0.25, 0.3) is 0 Å². The van der Waals surface area contributed by atoms with Crippen molar-refractivity contribution in [3.05, 3.63) is 35.4 Å². The van der Waals surface area contributed by atoms with E-state index in [0.717, 1.165) is 12.8 Å². The van der Waals surface area contributed by atoms with Crippen molar-refractivity contribution in [2.24, 2.45) is 11.7 Å². The quantitative estimate of drug-likeness (QED) is 0.853. The highest BCUT2D eigenvalue weighted by Crippen LogP contribution is 2.37. The van der Waals surface area contributed by atoms with Crippen LogP contribution in [0.1, 0.15) is 30.9 Å². The molecule has 1 aliphatic rings. The summed E-state index contributed by atoms with van der Waals surface area (Å²) < 4.78 is 26.5. The van der Waals surface area contributed by atoms with Crippen molar-refractivity contribution in [2.75, 3.05) is 0 Å². The van der Waals surface area contributed by atoms with E-state index >= 15 is 0 Å². The number of halogens is 3. The van der Waals surface area contributed by atoms with Gasteiger partial charge in [-0.05, 0) is 24.5 Å². The minimum Gasteiger partial charge on any atom is -0.324 e. The second-order valence-corrected chi connectivity index (χ2v) is 3.92. The van der Waals surface area contributed by atoms with Gasteiger partial charge < -0.3 is 5.73 Å². The van der Waals surface area contributed by atoms with Crippen LogP contribution in [-0.2, 0) is 0 Å². The Morgan fingerprint density at radius 2 is 1.80 bits per heavy atom. The lowest BCUT2D eigenvalue weighted by Crippen LogP contribution is -2.14.